The van der Waals surface area contributed by atoms with Crippen molar-refractivity contribution in [1.29, 1.82) is 0 Å². The molecule has 0 spiro atoms. The Morgan fingerprint density at radius 2 is 1.05 bits per heavy atom. The van der Waals surface area contributed by atoms with Crippen molar-refractivity contribution in [3.8, 4) is 0 Å². The Hall–Kier alpha value is -1.11. The van der Waals surface area contributed by atoms with Crippen molar-refractivity contribution in [3.63, 3.8) is 0 Å². The molecule has 21 heavy (non-hydrogen) atoms. The van der Waals surface area contributed by atoms with Crippen LogP contribution in [0.4, 0.5) is 0 Å². The molecule has 0 heterocycles. The Balaban J connectivity index is 3.91. The van der Waals surface area contributed by atoms with Gasteiger partial charge in [0.25, 0.3) is 0 Å². The summed E-state index contributed by atoms with van der Waals surface area (Å²) < 4.78 is 0. The summed E-state index contributed by atoms with van der Waals surface area (Å²) in [6, 6.07) is 0. The van der Waals surface area contributed by atoms with Crippen LogP contribution in [-0.2, 0) is 4.79 Å². The molecular formula is C20H34O. The normalized spacial score (nSPS) is 13.7. The Bertz CT molecular complexity index is 383. The number of carbonyl (C=O) groups is 1. The van der Waals surface area contributed by atoms with Crippen LogP contribution < -0.4 is 0 Å². The lowest BCUT2D eigenvalue weighted by molar-refractivity contribution is -0.116. The minimum atomic E-state index is 0.279. The molecule has 1 nitrogen and oxygen atoms in total. The van der Waals surface area contributed by atoms with E-state index in [-0.39, 0.29) is 5.78 Å². The second-order valence-electron chi connectivity index (χ2n) is 6.22. The fourth-order valence-corrected chi connectivity index (χ4v) is 2.31. The molecule has 120 valence electrons. The Morgan fingerprint density at radius 1 is 0.667 bits per heavy atom. The zero-order valence-corrected chi connectivity index (χ0v) is 14.8. The third kappa shape index (κ3) is 13.6. The summed E-state index contributed by atoms with van der Waals surface area (Å²) in [5, 5.41) is 0. The summed E-state index contributed by atoms with van der Waals surface area (Å²) >= 11 is 0. The number of carbonyl (C=O) groups excluding carboxylic acids is 1. The summed E-state index contributed by atoms with van der Waals surface area (Å²) in [5.41, 5.74) is 4.42. The average molecular weight is 290 g/mol. The van der Waals surface area contributed by atoms with Crippen LogP contribution in [0.1, 0.15) is 86.0 Å². The Labute approximate surface area is 132 Å². The van der Waals surface area contributed by atoms with Gasteiger partial charge in [0.05, 0.1) is 0 Å². The molecule has 0 aliphatic heterocycles. The van der Waals surface area contributed by atoms with Crippen molar-refractivity contribution in [1.82, 2.24) is 0 Å². The highest BCUT2D eigenvalue weighted by Crippen LogP contribution is 2.13. The molecule has 0 radical (unpaired) electrons. The molecule has 0 rings (SSSR count). The zero-order chi connectivity index (χ0) is 16.1. The molecule has 0 amide bonds. The van der Waals surface area contributed by atoms with Gasteiger partial charge in [-0.1, -0.05) is 48.3 Å². The lowest BCUT2D eigenvalue weighted by Gasteiger charge is -2.02. The molecule has 0 atom stereocenters. The Morgan fingerprint density at radius 3 is 1.43 bits per heavy atom. The van der Waals surface area contributed by atoms with Crippen LogP contribution in [0.5, 0.6) is 0 Å². The van der Waals surface area contributed by atoms with Crippen LogP contribution in [0.25, 0.3) is 0 Å². The predicted octanol–water partition coefficient (Wildman–Crippen LogP) is 6.56. The number of Topliss-reactive ketones (excluding diaryl/α,β-unsaturated/α-hetero) is 1. The van der Waals surface area contributed by atoms with Crippen LogP contribution >= 0.6 is 0 Å². The molecule has 0 fully saturated rings. The lowest BCUT2D eigenvalue weighted by Crippen LogP contribution is -1.87. The predicted molar refractivity (Wildman–Crippen MR) is 94.6 cm³/mol. The van der Waals surface area contributed by atoms with Gasteiger partial charge in [0.15, 0.2) is 0 Å². The quantitative estimate of drug-likeness (QED) is 0.394. The minimum absolute atomic E-state index is 0.279. The van der Waals surface area contributed by atoms with Crippen LogP contribution in [0.2, 0.25) is 0 Å². The van der Waals surface area contributed by atoms with Crippen molar-refractivity contribution in [2.75, 3.05) is 0 Å². The zero-order valence-electron chi connectivity index (χ0n) is 14.8. The number of ketones is 1. The summed E-state index contributed by atoms with van der Waals surface area (Å²) in [5.74, 6) is 0.279. The number of hydrogen-bond acceptors (Lipinski definition) is 1. The maximum atomic E-state index is 10.9. The number of allylic oxidation sites excluding steroid dienone is 6. The van der Waals surface area contributed by atoms with E-state index in [2.05, 4.69) is 45.9 Å². The number of hydrogen-bond donors (Lipinski definition) is 0. The summed E-state index contributed by atoms with van der Waals surface area (Å²) in [7, 11) is 0. The first-order valence-corrected chi connectivity index (χ1v) is 8.42. The molecule has 0 aromatic heterocycles. The topological polar surface area (TPSA) is 17.1 Å². The second kappa shape index (κ2) is 12.6. The van der Waals surface area contributed by atoms with Crippen LogP contribution in [0.3, 0.4) is 0 Å². The van der Waals surface area contributed by atoms with Crippen LogP contribution in [-0.4, -0.2) is 5.78 Å². The molecular weight excluding hydrogens is 256 g/mol. The van der Waals surface area contributed by atoms with Gasteiger partial charge in [-0.15, -0.1) is 0 Å². The van der Waals surface area contributed by atoms with E-state index in [1.54, 1.807) is 6.92 Å². The van der Waals surface area contributed by atoms with Crippen molar-refractivity contribution < 1.29 is 4.79 Å². The summed E-state index contributed by atoms with van der Waals surface area (Å²) in [6.45, 7) is 10.5. The Kier molecular flexibility index (Phi) is 12.0. The molecule has 0 aromatic rings. The van der Waals surface area contributed by atoms with Gasteiger partial charge in [-0.3, -0.25) is 0 Å². The fourth-order valence-electron chi connectivity index (χ4n) is 2.31. The molecule has 0 aromatic carbocycles. The molecule has 0 aliphatic carbocycles. The first-order valence-electron chi connectivity index (χ1n) is 8.42. The number of rotatable bonds is 11. The largest absolute Gasteiger partial charge is 0.300 e. The maximum Gasteiger partial charge on any atom is 0.130 e. The van der Waals surface area contributed by atoms with E-state index in [1.807, 2.05) is 0 Å². The molecule has 1 heteroatoms. The smallest absolute Gasteiger partial charge is 0.130 e. The first kappa shape index (κ1) is 19.9. The SMILES string of the molecule is CCCC(C)=CCCC(C)=CCCC(C)=CCCC(C)=O. The van der Waals surface area contributed by atoms with Crippen molar-refractivity contribution in [2.45, 2.75) is 86.0 Å². The molecule has 0 saturated carbocycles. The van der Waals surface area contributed by atoms with Gasteiger partial charge in [0.1, 0.15) is 5.78 Å². The van der Waals surface area contributed by atoms with Gasteiger partial charge in [0, 0.05) is 6.42 Å². The van der Waals surface area contributed by atoms with Gasteiger partial charge >= 0.3 is 0 Å². The first-order chi connectivity index (χ1) is 9.95. The van der Waals surface area contributed by atoms with E-state index in [4.69, 9.17) is 0 Å². The van der Waals surface area contributed by atoms with Crippen molar-refractivity contribution >= 4 is 5.78 Å². The van der Waals surface area contributed by atoms with Crippen molar-refractivity contribution in [3.05, 3.63) is 34.9 Å². The van der Waals surface area contributed by atoms with E-state index in [9.17, 15) is 4.79 Å². The minimum Gasteiger partial charge on any atom is -0.300 e. The standard InChI is InChI=1S/C20H34O/c1-6-10-17(2)11-7-12-18(3)13-8-14-19(4)15-9-16-20(5)21/h11,13,15H,6-10,12,14,16H2,1-5H3. The van der Waals surface area contributed by atoms with Crippen LogP contribution in [0, 0.1) is 0 Å². The van der Waals surface area contributed by atoms with Gasteiger partial charge in [0.2, 0.25) is 0 Å². The summed E-state index contributed by atoms with van der Waals surface area (Å²) in [4.78, 5) is 10.9. The van der Waals surface area contributed by atoms with Crippen molar-refractivity contribution in [2.24, 2.45) is 0 Å². The van der Waals surface area contributed by atoms with Gasteiger partial charge in [-0.05, 0) is 66.2 Å². The van der Waals surface area contributed by atoms with Gasteiger partial charge < -0.3 is 4.79 Å². The van der Waals surface area contributed by atoms with Gasteiger partial charge in [-0.25, -0.2) is 0 Å². The van der Waals surface area contributed by atoms with E-state index in [0.717, 1.165) is 19.3 Å². The molecule has 0 aliphatic rings. The maximum absolute atomic E-state index is 10.9. The second-order valence-corrected chi connectivity index (χ2v) is 6.22. The molecule has 0 unspecified atom stereocenters. The molecule has 0 bridgehead atoms. The summed E-state index contributed by atoms with van der Waals surface area (Å²) in [6.07, 6.45) is 15.6. The average Bonchev–Trinajstić information content (AvgIpc) is 2.38. The molecule has 0 N–H and O–H groups in total. The lowest BCUT2D eigenvalue weighted by atomic mass is 10.0. The van der Waals surface area contributed by atoms with E-state index in [1.165, 1.54) is 42.4 Å². The monoisotopic (exact) mass is 290 g/mol. The van der Waals surface area contributed by atoms with E-state index in [0.29, 0.717) is 6.42 Å². The van der Waals surface area contributed by atoms with E-state index < -0.39 is 0 Å². The van der Waals surface area contributed by atoms with Gasteiger partial charge in [-0.2, -0.15) is 0 Å². The highest BCUT2D eigenvalue weighted by atomic mass is 16.1. The van der Waals surface area contributed by atoms with Crippen LogP contribution in [0.15, 0.2) is 34.9 Å². The fraction of sp³-hybridized carbons (Fsp3) is 0.650. The third-order valence-electron chi connectivity index (χ3n) is 3.70. The van der Waals surface area contributed by atoms with E-state index >= 15 is 0 Å². The molecule has 0 saturated heterocycles. The highest BCUT2D eigenvalue weighted by molar-refractivity contribution is 5.75. The highest BCUT2D eigenvalue weighted by Gasteiger charge is 1.94. The third-order valence-corrected chi connectivity index (χ3v) is 3.70.